The molecule has 1 fully saturated rings. The van der Waals surface area contributed by atoms with Crippen LogP contribution < -0.4 is 5.32 Å². The van der Waals surface area contributed by atoms with Crippen LogP contribution in [0, 0.1) is 11.8 Å². The summed E-state index contributed by atoms with van der Waals surface area (Å²) in [7, 11) is 2.13. The van der Waals surface area contributed by atoms with Crippen LogP contribution in [-0.2, 0) is 4.74 Å². The molecule has 21 heavy (non-hydrogen) atoms. The van der Waals surface area contributed by atoms with Crippen molar-refractivity contribution in [2.24, 2.45) is 11.8 Å². The maximum absolute atomic E-state index is 6.22. The van der Waals surface area contributed by atoms with E-state index in [9.17, 15) is 0 Å². The molecule has 3 atom stereocenters. The molecular formula is C19H39NO. The van der Waals surface area contributed by atoms with Gasteiger partial charge in [0.15, 0.2) is 0 Å². The second-order valence-corrected chi connectivity index (χ2v) is 6.87. The summed E-state index contributed by atoms with van der Waals surface area (Å²) in [5.74, 6) is 1.63. The van der Waals surface area contributed by atoms with E-state index in [0.29, 0.717) is 12.1 Å². The van der Waals surface area contributed by atoms with Crippen molar-refractivity contribution in [3.8, 4) is 0 Å². The molecule has 1 aliphatic carbocycles. The molecule has 0 aromatic heterocycles. The van der Waals surface area contributed by atoms with Crippen molar-refractivity contribution < 1.29 is 4.74 Å². The van der Waals surface area contributed by atoms with Crippen molar-refractivity contribution in [1.29, 1.82) is 0 Å². The van der Waals surface area contributed by atoms with Gasteiger partial charge in [-0.15, -0.1) is 0 Å². The minimum atomic E-state index is 0.427. The van der Waals surface area contributed by atoms with Crippen LogP contribution in [0.1, 0.15) is 85.0 Å². The second kappa shape index (κ2) is 11.5. The molecule has 0 aromatic carbocycles. The van der Waals surface area contributed by atoms with Gasteiger partial charge in [-0.05, 0) is 45.1 Å². The van der Waals surface area contributed by atoms with Gasteiger partial charge in [-0.2, -0.15) is 0 Å². The second-order valence-electron chi connectivity index (χ2n) is 6.87. The fourth-order valence-electron chi connectivity index (χ4n) is 3.99. The van der Waals surface area contributed by atoms with Crippen molar-refractivity contribution in [2.75, 3.05) is 13.7 Å². The number of rotatable bonds is 11. The van der Waals surface area contributed by atoms with Crippen LogP contribution >= 0.6 is 0 Å². The van der Waals surface area contributed by atoms with Crippen LogP contribution in [0.3, 0.4) is 0 Å². The lowest BCUT2D eigenvalue weighted by molar-refractivity contribution is -0.0215. The number of nitrogens with one attached hydrogen (secondary N) is 1. The Bertz CT molecular complexity index is 238. The lowest BCUT2D eigenvalue weighted by atomic mass is 9.79. The summed E-state index contributed by atoms with van der Waals surface area (Å²) in [5.41, 5.74) is 0. The van der Waals surface area contributed by atoms with Gasteiger partial charge in [-0.1, -0.05) is 58.8 Å². The molecule has 126 valence electrons. The molecule has 0 heterocycles. The van der Waals surface area contributed by atoms with Gasteiger partial charge in [0.05, 0.1) is 6.10 Å². The van der Waals surface area contributed by atoms with Crippen LogP contribution in [0.2, 0.25) is 0 Å². The van der Waals surface area contributed by atoms with Crippen molar-refractivity contribution in [3.05, 3.63) is 0 Å². The van der Waals surface area contributed by atoms with E-state index in [1.165, 1.54) is 64.2 Å². The Morgan fingerprint density at radius 3 is 2.33 bits per heavy atom. The largest absolute Gasteiger partial charge is 0.377 e. The van der Waals surface area contributed by atoms with E-state index < -0.39 is 0 Å². The Labute approximate surface area is 133 Å². The van der Waals surface area contributed by atoms with Crippen molar-refractivity contribution in [1.82, 2.24) is 5.32 Å². The first-order valence-corrected chi connectivity index (χ1v) is 9.55. The van der Waals surface area contributed by atoms with Crippen molar-refractivity contribution in [3.63, 3.8) is 0 Å². The maximum Gasteiger partial charge on any atom is 0.0755 e. The smallest absolute Gasteiger partial charge is 0.0755 e. The predicted octanol–water partition coefficient (Wildman–Crippen LogP) is 5.17. The van der Waals surface area contributed by atoms with Crippen LogP contribution in [0.15, 0.2) is 0 Å². The molecular weight excluding hydrogens is 258 g/mol. The number of likely N-dealkylation sites (N-methyl/N-ethyl adjacent to an activating group) is 1. The van der Waals surface area contributed by atoms with E-state index in [-0.39, 0.29) is 0 Å². The van der Waals surface area contributed by atoms with Crippen LogP contribution in [-0.4, -0.2) is 25.8 Å². The standard InChI is InChI=1S/C19H39NO/c1-5-8-12-16(6-2)15-18(20-4)19(21-7-3)17-13-10-9-11-14-17/h16-20H,5-15H2,1-4H3. The molecule has 0 saturated heterocycles. The summed E-state index contributed by atoms with van der Waals surface area (Å²) in [6.45, 7) is 7.65. The van der Waals surface area contributed by atoms with E-state index in [4.69, 9.17) is 4.74 Å². The highest BCUT2D eigenvalue weighted by Gasteiger charge is 2.31. The Morgan fingerprint density at radius 2 is 1.81 bits per heavy atom. The molecule has 2 nitrogen and oxygen atoms in total. The highest BCUT2D eigenvalue weighted by molar-refractivity contribution is 4.85. The first-order chi connectivity index (χ1) is 10.3. The fourth-order valence-corrected chi connectivity index (χ4v) is 3.99. The molecule has 0 radical (unpaired) electrons. The van der Waals surface area contributed by atoms with Crippen LogP contribution in [0.25, 0.3) is 0 Å². The number of unbranched alkanes of at least 4 members (excludes halogenated alkanes) is 1. The average molecular weight is 298 g/mol. The minimum Gasteiger partial charge on any atom is -0.377 e. The third-order valence-corrected chi connectivity index (χ3v) is 5.37. The molecule has 0 amide bonds. The molecule has 0 aliphatic heterocycles. The third-order valence-electron chi connectivity index (χ3n) is 5.37. The van der Waals surface area contributed by atoms with Crippen LogP contribution in [0.5, 0.6) is 0 Å². The van der Waals surface area contributed by atoms with Gasteiger partial charge in [-0.3, -0.25) is 0 Å². The predicted molar refractivity (Wildman–Crippen MR) is 92.8 cm³/mol. The quantitative estimate of drug-likeness (QED) is 0.568. The fraction of sp³-hybridized carbons (Fsp3) is 1.00. The molecule has 0 spiro atoms. The molecule has 3 unspecified atom stereocenters. The maximum atomic E-state index is 6.22. The highest BCUT2D eigenvalue weighted by atomic mass is 16.5. The van der Waals surface area contributed by atoms with Crippen molar-refractivity contribution in [2.45, 2.75) is 97.1 Å². The summed E-state index contributed by atoms with van der Waals surface area (Å²) in [5, 5.41) is 3.60. The number of hydrogen-bond acceptors (Lipinski definition) is 2. The normalized spacial score (nSPS) is 21.1. The van der Waals surface area contributed by atoms with E-state index in [1.54, 1.807) is 0 Å². The average Bonchev–Trinajstić information content (AvgIpc) is 2.54. The van der Waals surface area contributed by atoms with Gasteiger partial charge in [0, 0.05) is 12.6 Å². The summed E-state index contributed by atoms with van der Waals surface area (Å²) >= 11 is 0. The number of ether oxygens (including phenoxy) is 1. The Kier molecular flexibility index (Phi) is 10.4. The molecule has 1 saturated carbocycles. The minimum absolute atomic E-state index is 0.427. The summed E-state index contributed by atoms with van der Waals surface area (Å²) in [6, 6.07) is 0.537. The summed E-state index contributed by atoms with van der Waals surface area (Å²) in [6.07, 6.45) is 14.1. The molecule has 1 rings (SSSR count). The zero-order valence-corrected chi connectivity index (χ0v) is 15.0. The van der Waals surface area contributed by atoms with Gasteiger partial charge in [0.25, 0.3) is 0 Å². The van der Waals surface area contributed by atoms with Gasteiger partial charge >= 0.3 is 0 Å². The molecule has 1 aliphatic rings. The number of hydrogen-bond donors (Lipinski definition) is 1. The zero-order chi connectivity index (χ0) is 15.5. The van der Waals surface area contributed by atoms with Gasteiger partial charge in [0.2, 0.25) is 0 Å². The molecule has 1 N–H and O–H groups in total. The SMILES string of the molecule is CCCCC(CC)CC(NC)C(OCC)C1CCCCC1. The lowest BCUT2D eigenvalue weighted by Crippen LogP contribution is -2.45. The van der Waals surface area contributed by atoms with Gasteiger partial charge < -0.3 is 10.1 Å². The Morgan fingerprint density at radius 1 is 1.10 bits per heavy atom. The van der Waals surface area contributed by atoms with E-state index >= 15 is 0 Å². The van der Waals surface area contributed by atoms with Crippen LogP contribution in [0.4, 0.5) is 0 Å². The van der Waals surface area contributed by atoms with E-state index in [2.05, 4.69) is 33.1 Å². The van der Waals surface area contributed by atoms with Gasteiger partial charge in [-0.25, -0.2) is 0 Å². The molecule has 2 heteroatoms. The molecule has 0 bridgehead atoms. The zero-order valence-electron chi connectivity index (χ0n) is 15.0. The monoisotopic (exact) mass is 297 g/mol. The van der Waals surface area contributed by atoms with Crippen molar-refractivity contribution >= 4 is 0 Å². The third kappa shape index (κ3) is 6.69. The molecule has 0 aromatic rings. The Balaban J connectivity index is 2.61. The van der Waals surface area contributed by atoms with E-state index in [1.807, 2.05) is 0 Å². The first kappa shape index (κ1) is 19.0. The topological polar surface area (TPSA) is 21.3 Å². The summed E-state index contributed by atoms with van der Waals surface area (Å²) < 4.78 is 6.22. The van der Waals surface area contributed by atoms with E-state index in [0.717, 1.165) is 18.4 Å². The summed E-state index contributed by atoms with van der Waals surface area (Å²) in [4.78, 5) is 0. The Hall–Kier alpha value is -0.0800. The highest BCUT2D eigenvalue weighted by Crippen LogP contribution is 2.32. The first-order valence-electron chi connectivity index (χ1n) is 9.55. The van der Waals surface area contributed by atoms with Gasteiger partial charge in [0.1, 0.15) is 0 Å². The lowest BCUT2D eigenvalue weighted by Gasteiger charge is -2.37.